The summed E-state index contributed by atoms with van der Waals surface area (Å²) in [5.74, 6) is 1.38. The van der Waals surface area contributed by atoms with E-state index in [9.17, 15) is 23.3 Å². The smallest absolute Gasteiger partial charge is 0.293 e. The first-order chi connectivity index (χ1) is 21.0. The Bertz CT molecular complexity index is 1610. The molecule has 1 atom stereocenters. The summed E-state index contributed by atoms with van der Waals surface area (Å²) in [5, 5.41) is 15.6. The van der Waals surface area contributed by atoms with Crippen LogP contribution in [0.25, 0.3) is 0 Å². The molecular weight excluding hydrogens is 696 g/mol. The van der Waals surface area contributed by atoms with Crippen LogP contribution in [-0.2, 0) is 26.1 Å². The second kappa shape index (κ2) is 15.4. The summed E-state index contributed by atoms with van der Waals surface area (Å²) in [6.45, 7) is 1.03. The van der Waals surface area contributed by atoms with Crippen molar-refractivity contribution < 1.29 is 27.6 Å². The van der Waals surface area contributed by atoms with Gasteiger partial charge >= 0.3 is 0 Å². The van der Waals surface area contributed by atoms with Crippen molar-refractivity contribution in [3.63, 3.8) is 0 Å². The molecule has 1 aliphatic rings. The number of amides is 1. The average Bonchev–Trinajstić information content (AvgIpc) is 3.00. The van der Waals surface area contributed by atoms with Crippen LogP contribution in [-0.4, -0.2) is 79.9 Å². The van der Waals surface area contributed by atoms with Crippen LogP contribution in [0.1, 0.15) is 12.0 Å². The highest BCUT2D eigenvalue weighted by Gasteiger charge is 2.31. The zero-order valence-electron chi connectivity index (χ0n) is 24.1. The monoisotopic (exact) mass is 726 g/mol. The Morgan fingerprint density at radius 3 is 2.64 bits per heavy atom. The van der Waals surface area contributed by atoms with Crippen molar-refractivity contribution in [2.45, 2.75) is 23.9 Å². The molecule has 15 heteroatoms. The molecule has 0 aromatic heterocycles. The molecule has 3 aromatic carbocycles. The van der Waals surface area contributed by atoms with Crippen LogP contribution in [0, 0.1) is 10.1 Å². The number of carbonyl (C=O) groups excluding carboxylic acids is 1. The highest BCUT2D eigenvalue weighted by Crippen LogP contribution is 2.33. The number of morpholine rings is 1. The predicted octanol–water partition coefficient (Wildman–Crippen LogP) is 6.02. The van der Waals surface area contributed by atoms with Crippen molar-refractivity contribution in [2.24, 2.45) is 0 Å². The number of hydrogen-bond donors (Lipinski definition) is 1. The highest BCUT2D eigenvalue weighted by atomic mass is 79.9. The summed E-state index contributed by atoms with van der Waals surface area (Å²) in [5.41, 5.74) is 0.350. The van der Waals surface area contributed by atoms with Crippen LogP contribution >= 0.6 is 39.3 Å². The normalized spacial score (nSPS) is 14.5. The zero-order valence-corrected chi connectivity index (χ0v) is 28.0. The third-order valence-corrected chi connectivity index (χ3v) is 10.1. The number of nitro benzene ring substituents is 1. The van der Waals surface area contributed by atoms with Crippen molar-refractivity contribution in [1.29, 1.82) is 0 Å². The van der Waals surface area contributed by atoms with Crippen LogP contribution in [0.15, 0.2) is 70.0 Å². The number of nitrogens with one attached hydrogen (secondary N) is 1. The van der Waals surface area contributed by atoms with Gasteiger partial charge in [-0.3, -0.25) is 14.9 Å². The summed E-state index contributed by atoms with van der Waals surface area (Å²) in [7, 11) is -2.31. The molecule has 1 saturated heterocycles. The molecule has 11 nitrogen and oxygen atoms in total. The maximum Gasteiger partial charge on any atom is 0.293 e. The van der Waals surface area contributed by atoms with Crippen molar-refractivity contribution in [3.05, 3.63) is 85.8 Å². The number of carbonyl (C=O) groups is 1. The van der Waals surface area contributed by atoms with E-state index < -0.39 is 26.7 Å². The Morgan fingerprint density at radius 1 is 1.20 bits per heavy atom. The zero-order chi connectivity index (χ0) is 31.9. The minimum Gasteiger partial charge on any atom is -0.457 e. The molecule has 1 N–H and O–H groups in total. The SMILES string of the molecule is CSCCC(Nc1ccc(S(=O)(=O)N2CCOCC2)cc1[N+](=O)[O-])C(=O)N(C)Cc1ccc(Br)cc1Oc1cccc(Cl)c1. The largest absolute Gasteiger partial charge is 0.457 e. The lowest BCUT2D eigenvalue weighted by Crippen LogP contribution is -2.41. The van der Waals surface area contributed by atoms with E-state index in [2.05, 4.69) is 21.2 Å². The second-order valence-electron chi connectivity index (χ2n) is 9.94. The van der Waals surface area contributed by atoms with Gasteiger partial charge in [0.2, 0.25) is 15.9 Å². The molecule has 3 aromatic rings. The number of benzene rings is 3. The second-order valence-corrected chi connectivity index (χ2v) is 14.2. The van der Waals surface area contributed by atoms with E-state index >= 15 is 0 Å². The number of ether oxygens (including phenoxy) is 2. The lowest BCUT2D eigenvalue weighted by Gasteiger charge is -2.27. The first-order valence-electron chi connectivity index (χ1n) is 13.6. The summed E-state index contributed by atoms with van der Waals surface area (Å²) in [6, 6.07) is 15.4. The van der Waals surface area contributed by atoms with E-state index in [0.29, 0.717) is 28.7 Å². The molecule has 1 heterocycles. The van der Waals surface area contributed by atoms with Crippen molar-refractivity contribution in [3.8, 4) is 11.5 Å². The van der Waals surface area contributed by atoms with Crippen LogP contribution in [0.5, 0.6) is 11.5 Å². The van der Waals surface area contributed by atoms with Gasteiger partial charge in [-0.1, -0.05) is 39.7 Å². The van der Waals surface area contributed by atoms with Gasteiger partial charge in [-0.25, -0.2) is 8.42 Å². The molecule has 1 amide bonds. The van der Waals surface area contributed by atoms with Crippen LogP contribution in [0.2, 0.25) is 5.02 Å². The van der Waals surface area contributed by atoms with Gasteiger partial charge in [0, 0.05) is 47.8 Å². The number of nitro groups is 1. The Hall–Kier alpha value is -2.88. The fraction of sp³-hybridized carbons (Fsp3) is 0.345. The quantitative estimate of drug-likeness (QED) is 0.166. The number of rotatable bonds is 13. The summed E-state index contributed by atoms with van der Waals surface area (Å²) < 4.78 is 39.6. The maximum absolute atomic E-state index is 13.8. The molecule has 1 unspecified atom stereocenters. The van der Waals surface area contributed by atoms with Crippen LogP contribution in [0.3, 0.4) is 0 Å². The molecule has 4 rings (SSSR count). The molecule has 0 spiro atoms. The predicted molar refractivity (Wildman–Crippen MR) is 175 cm³/mol. The van der Waals surface area contributed by atoms with Crippen molar-refractivity contribution in [2.75, 3.05) is 50.7 Å². The molecule has 236 valence electrons. The minimum absolute atomic E-state index is 0.0531. The van der Waals surface area contributed by atoms with E-state index in [1.54, 1.807) is 37.4 Å². The topological polar surface area (TPSA) is 131 Å². The van der Waals surface area contributed by atoms with E-state index in [1.165, 1.54) is 33.1 Å². The molecular formula is C29H32BrClN4O7S2. The number of sulfonamides is 1. The molecule has 0 aliphatic carbocycles. The summed E-state index contributed by atoms with van der Waals surface area (Å²) in [4.78, 5) is 26.5. The maximum atomic E-state index is 13.8. The van der Waals surface area contributed by atoms with Gasteiger partial charge in [-0.15, -0.1) is 0 Å². The third-order valence-electron chi connectivity index (χ3n) is 6.85. The number of halogens is 2. The summed E-state index contributed by atoms with van der Waals surface area (Å²) >= 11 is 11.1. The van der Waals surface area contributed by atoms with Gasteiger partial charge in [0.1, 0.15) is 23.2 Å². The Labute approximate surface area is 274 Å². The molecule has 0 saturated carbocycles. The van der Waals surface area contributed by atoms with Crippen molar-refractivity contribution in [1.82, 2.24) is 9.21 Å². The lowest BCUT2D eigenvalue weighted by atomic mass is 10.1. The van der Waals surface area contributed by atoms with E-state index in [1.807, 2.05) is 18.4 Å². The Morgan fingerprint density at radius 2 is 1.95 bits per heavy atom. The van der Waals surface area contributed by atoms with E-state index in [4.69, 9.17) is 21.1 Å². The number of likely N-dealkylation sites (N-methyl/N-ethyl adjacent to an activating group) is 1. The number of hydrogen-bond acceptors (Lipinski definition) is 9. The lowest BCUT2D eigenvalue weighted by molar-refractivity contribution is -0.384. The average molecular weight is 728 g/mol. The summed E-state index contributed by atoms with van der Waals surface area (Å²) in [6.07, 6.45) is 2.28. The first kappa shape index (κ1) is 34.0. The highest BCUT2D eigenvalue weighted by molar-refractivity contribution is 9.10. The first-order valence-corrected chi connectivity index (χ1v) is 17.6. The Balaban J connectivity index is 1.56. The van der Waals surface area contributed by atoms with Gasteiger partial charge < -0.3 is 19.7 Å². The fourth-order valence-electron chi connectivity index (χ4n) is 4.57. The molecule has 1 aliphatic heterocycles. The van der Waals surface area contributed by atoms with Gasteiger partial charge in [0.25, 0.3) is 5.69 Å². The standard InChI is InChI=1S/C29H32BrClN4O7S2/c1-33(19-20-6-7-21(30)16-28(20)42-23-5-3-4-22(31)17-23)29(36)26(10-15-43-2)32-25-9-8-24(18-27(25)35(37)38)44(39,40)34-11-13-41-14-12-34/h3-9,16-18,26,32H,10-15,19H2,1-2H3. The molecule has 44 heavy (non-hydrogen) atoms. The van der Waals surface area contributed by atoms with Gasteiger partial charge in [0.05, 0.1) is 23.0 Å². The number of nitrogens with zero attached hydrogens (tertiary/aromatic N) is 3. The van der Waals surface area contributed by atoms with Gasteiger partial charge in [0.15, 0.2) is 0 Å². The fourth-order valence-corrected chi connectivity index (χ4v) is 6.99. The third kappa shape index (κ3) is 8.64. The van der Waals surface area contributed by atoms with Crippen molar-refractivity contribution >= 4 is 66.6 Å². The van der Waals surface area contributed by atoms with Crippen LogP contribution in [0.4, 0.5) is 11.4 Å². The molecule has 1 fully saturated rings. The van der Waals surface area contributed by atoms with E-state index in [0.717, 1.165) is 16.1 Å². The Kier molecular flexibility index (Phi) is 11.9. The minimum atomic E-state index is -3.95. The molecule has 0 radical (unpaired) electrons. The van der Waals surface area contributed by atoms with Gasteiger partial charge in [-0.05, 0) is 60.9 Å². The molecule has 0 bridgehead atoms. The number of anilines is 1. The van der Waals surface area contributed by atoms with Crippen LogP contribution < -0.4 is 10.1 Å². The number of thioether (sulfide) groups is 1. The van der Waals surface area contributed by atoms with E-state index in [-0.39, 0.29) is 49.3 Å². The van der Waals surface area contributed by atoms with Gasteiger partial charge in [-0.2, -0.15) is 16.1 Å².